The van der Waals surface area contributed by atoms with Gasteiger partial charge in [0.15, 0.2) is 5.69 Å². The van der Waals surface area contributed by atoms with Crippen LogP contribution in [0.4, 0.5) is 5.69 Å². The van der Waals surface area contributed by atoms with Gasteiger partial charge in [-0.3, -0.25) is 0 Å². The Morgan fingerprint density at radius 1 is 1.11 bits per heavy atom. The highest BCUT2D eigenvalue weighted by Gasteiger charge is 2.43. The van der Waals surface area contributed by atoms with E-state index in [1.165, 1.54) is 0 Å². The lowest BCUT2D eigenvalue weighted by Crippen LogP contribution is -2.58. The first-order chi connectivity index (χ1) is 9.02. The number of nitrogens with zero attached hydrogens (tertiary/aromatic N) is 1. The van der Waals surface area contributed by atoms with Crippen molar-refractivity contribution in [1.29, 1.82) is 0 Å². The molecule has 6 heteroatoms. The van der Waals surface area contributed by atoms with Gasteiger partial charge in [0.1, 0.15) is 24.1 Å². The number of hydrogen-bond donors (Lipinski definition) is 3. The van der Waals surface area contributed by atoms with E-state index in [1.54, 1.807) is 31.2 Å². The van der Waals surface area contributed by atoms with E-state index < -0.39 is 30.7 Å². The number of aliphatic hydroxyl groups is 3. The molecule has 0 saturated carbocycles. The fraction of sp³-hybridized carbons (Fsp3) is 0.462. The molecule has 1 aliphatic heterocycles. The van der Waals surface area contributed by atoms with Crippen molar-refractivity contribution in [1.82, 2.24) is 0 Å². The van der Waals surface area contributed by atoms with Gasteiger partial charge < -0.3 is 24.8 Å². The first kappa shape index (κ1) is 13.8. The highest BCUT2D eigenvalue weighted by atomic mass is 16.7. The molecule has 0 spiro atoms. The molecule has 3 N–H and O–H groups in total. The summed E-state index contributed by atoms with van der Waals surface area (Å²) in [7, 11) is 0. The van der Waals surface area contributed by atoms with Gasteiger partial charge in [-0.15, -0.1) is 0 Å². The first-order valence-corrected chi connectivity index (χ1v) is 5.87. The molecule has 1 aromatic rings. The molecule has 1 saturated heterocycles. The predicted octanol–water partition coefficient (Wildman–Crippen LogP) is 0.444. The maximum Gasteiger partial charge on any atom is 0.229 e. The van der Waals surface area contributed by atoms with Gasteiger partial charge in [-0.2, -0.15) is 0 Å². The van der Waals surface area contributed by atoms with Gasteiger partial charge >= 0.3 is 0 Å². The predicted molar refractivity (Wildman–Crippen MR) is 65.7 cm³/mol. The fourth-order valence-corrected chi connectivity index (χ4v) is 1.84. The third-order valence-corrected chi connectivity index (χ3v) is 3.03. The van der Waals surface area contributed by atoms with Crippen LogP contribution in [-0.4, -0.2) is 46.0 Å². The molecule has 19 heavy (non-hydrogen) atoms. The summed E-state index contributed by atoms with van der Waals surface area (Å²) in [5, 5.41) is 29.0. The summed E-state index contributed by atoms with van der Waals surface area (Å²) in [6.07, 6.45) is -5.53. The SMILES string of the molecule is [C-]#[N+]c1ccc(O[C@@H]2O[C@@H](C)[C@H](O)[C@@H](O)[C@H]2O)cc1. The van der Waals surface area contributed by atoms with Crippen LogP contribution in [0.15, 0.2) is 24.3 Å². The minimum atomic E-state index is -1.34. The third-order valence-electron chi connectivity index (χ3n) is 3.03. The minimum absolute atomic E-state index is 0.409. The van der Waals surface area contributed by atoms with Gasteiger partial charge in [0.2, 0.25) is 6.29 Å². The lowest BCUT2D eigenvalue weighted by atomic mass is 10.00. The Balaban J connectivity index is 2.07. The van der Waals surface area contributed by atoms with Crippen molar-refractivity contribution in [2.45, 2.75) is 37.6 Å². The normalized spacial score (nSPS) is 34.6. The fourth-order valence-electron chi connectivity index (χ4n) is 1.84. The molecule has 1 aromatic carbocycles. The molecule has 0 bridgehead atoms. The molecule has 0 aromatic heterocycles. The summed E-state index contributed by atoms with van der Waals surface area (Å²) in [6.45, 7) is 8.41. The summed E-state index contributed by atoms with van der Waals surface area (Å²) < 4.78 is 10.7. The highest BCUT2D eigenvalue weighted by molar-refractivity contribution is 5.47. The average Bonchev–Trinajstić information content (AvgIpc) is 2.43. The Hall–Kier alpha value is -1.65. The number of aliphatic hydroxyl groups excluding tert-OH is 3. The second-order valence-electron chi connectivity index (χ2n) is 4.40. The number of ether oxygens (including phenoxy) is 2. The molecule has 6 nitrogen and oxygen atoms in total. The molecular weight excluding hydrogens is 250 g/mol. The standard InChI is InChI=1S/C13H15NO5/c1-7-10(15)11(16)12(17)13(18-7)19-9-5-3-8(14-2)4-6-9/h3-7,10-13,15-17H,1H3/t7-,10-,11+,12+,13-/m0/s1. The first-order valence-electron chi connectivity index (χ1n) is 5.87. The zero-order valence-electron chi connectivity index (χ0n) is 10.3. The van der Waals surface area contributed by atoms with Crippen LogP contribution in [0.5, 0.6) is 5.75 Å². The van der Waals surface area contributed by atoms with E-state index in [4.69, 9.17) is 16.0 Å². The zero-order valence-corrected chi connectivity index (χ0v) is 10.3. The van der Waals surface area contributed by atoms with Crippen LogP contribution < -0.4 is 4.74 Å². The van der Waals surface area contributed by atoms with Gasteiger partial charge in [0.25, 0.3) is 0 Å². The Morgan fingerprint density at radius 3 is 2.32 bits per heavy atom. The van der Waals surface area contributed by atoms with E-state index in [1.807, 2.05) is 0 Å². The maximum absolute atomic E-state index is 9.78. The average molecular weight is 265 g/mol. The Morgan fingerprint density at radius 2 is 1.74 bits per heavy atom. The lowest BCUT2D eigenvalue weighted by molar-refractivity contribution is -0.268. The van der Waals surface area contributed by atoms with E-state index in [0.717, 1.165) is 0 Å². The summed E-state index contributed by atoms with van der Waals surface area (Å²) in [6, 6.07) is 6.30. The summed E-state index contributed by atoms with van der Waals surface area (Å²) in [5.41, 5.74) is 0.473. The van der Waals surface area contributed by atoms with Crippen LogP contribution >= 0.6 is 0 Å². The van der Waals surface area contributed by atoms with E-state index >= 15 is 0 Å². The van der Waals surface area contributed by atoms with Crippen molar-refractivity contribution in [2.24, 2.45) is 0 Å². The van der Waals surface area contributed by atoms with Crippen LogP contribution in [0.1, 0.15) is 6.92 Å². The Labute approximate surface area is 110 Å². The van der Waals surface area contributed by atoms with Gasteiger partial charge in [-0.1, -0.05) is 12.1 Å². The van der Waals surface area contributed by atoms with Gasteiger partial charge in [-0.05, 0) is 19.1 Å². The van der Waals surface area contributed by atoms with Gasteiger partial charge in [0.05, 0.1) is 12.7 Å². The van der Waals surface area contributed by atoms with Crippen LogP contribution in [0, 0.1) is 6.57 Å². The quantitative estimate of drug-likeness (QED) is 0.676. The van der Waals surface area contributed by atoms with E-state index in [2.05, 4.69) is 4.85 Å². The molecule has 5 atom stereocenters. The molecular formula is C13H15NO5. The Bertz CT molecular complexity index is 469. The summed E-state index contributed by atoms with van der Waals surface area (Å²) in [5.74, 6) is 0.409. The second-order valence-corrected chi connectivity index (χ2v) is 4.40. The topological polar surface area (TPSA) is 83.5 Å². The van der Waals surface area contributed by atoms with Crippen molar-refractivity contribution in [2.75, 3.05) is 0 Å². The molecule has 0 radical (unpaired) electrons. The highest BCUT2D eigenvalue weighted by Crippen LogP contribution is 2.25. The van der Waals surface area contributed by atoms with Crippen molar-refractivity contribution < 1.29 is 24.8 Å². The molecule has 0 aliphatic carbocycles. The summed E-state index contributed by atoms with van der Waals surface area (Å²) in [4.78, 5) is 3.25. The zero-order chi connectivity index (χ0) is 14.0. The molecule has 102 valence electrons. The minimum Gasteiger partial charge on any atom is -0.462 e. The lowest BCUT2D eigenvalue weighted by Gasteiger charge is -2.38. The second kappa shape index (κ2) is 5.55. The maximum atomic E-state index is 9.78. The number of hydrogen-bond acceptors (Lipinski definition) is 5. The van der Waals surface area contributed by atoms with Crippen LogP contribution in [0.25, 0.3) is 4.85 Å². The smallest absolute Gasteiger partial charge is 0.229 e. The van der Waals surface area contributed by atoms with Crippen molar-refractivity contribution in [3.63, 3.8) is 0 Å². The number of benzene rings is 1. The Kier molecular flexibility index (Phi) is 4.02. The number of rotatable bonds is 2. The van der Waals surface area contributed by atoms with Crippen LogP contribution in [0.2, 0.25) is 0 Å². The molecule has 1 heterocycles. The molecule has 2 rings (SSSR count). The monoisotopic (exact) mass is 265 g/mol. The van der Waals surface area contributed by atoms with E-state index in [9.17, 15) is 15.3 Å². The molecule has 1 fully saturated rings. The van der Waals surface area contributed by atoms with Gasteiger partial charge in [-0.25, -0.2) is 4.85 Å². The molecule has 0 amide bonds. The van der Waals surface area contributed by atoms with Crippen LogP contribution in [0.3, 0.4) is 0 Å². The largest absolute Gasteiger partial charge is 0.462 e. The van der Waals surface area contributed by atoms with E-state index in [0.29, 0.717) is 11.4 Å². The molecule has 0 unspecified atom stereocenters. The van der Waals surface area contributed by atoms with Crippen LogP contribution in [-0.2, 0) is 4.74 Å². The van der Waals surface area contributed by atoms with Crippen molar-refractivity contribution in [3.05, 3.63) is 35.7 Å². The van der Waals surface area contributed by atoms with Crippen molar-refractivity contribution >= 4 is 5.69 Å². The molecule has 1 aliphatic rings. The van der Waals surface area contributed by atoms with E-state index in [-0.39, 0.29) is 0 Å². The van der Waals surface area contributed by atoms with Gasteiger partial charge in [0, 0.05) is 0 Å². The van der Waals surface area contributed by atoms with Crippen molar-refractivity contribution in [3.8, 4) is 5.75 Å². The summed E-state index contributed by atoms with van der Waals surface area (Å²) >= 11 is 0. The third kappa shape index (κ3) is 2.85.